The van der Waals surface area contributed by atoms with Gasteiger partial charge >= 0.3 is 6.18 Å². The normalized spacial score (nSPS) is 21.1. The standard InChI is InChI=1S/C20H20F4N2O/c1-12(14-3-2-4-16(21)9-14)26-19(27)18-11-25-10-17(18)13-5-7-15(8-6-13)20(22,23)24/h2-9,12,17-18,25H,10-11H2,1H3,(H,26,27)/t12-,17+,18-/m1/s1. The third kappa shape index (κ3) is 4.47. The summed E-state index contributed by atoms with van der Waals surface area (Å²) < 4.78 is 51.6. The Morgan fingerprint density at radius 3 is 2.48 bits per heavy atom. The molecule has 144 valence electrons. The van der Waals surface area contributed by atoms with Gasteiger partial charge in [-0.05, 0) is 42.3 Å². The first-order valence-electron chi connectivity index (χ1n) is 8.69. The van der Waals surface area contributed by atoms with Gasteiger partial charge in [0.1, 0.15) is 5.82 Å². The number of carbonyl (C=O) groups excluding carboxylic acids is 1. The van der Waals surface area contributed by atoms with E-state index in [0.29, 0.717) is 24.2 Å². The monoisotopic (exact) mass is 380 g/mol. The predicted molar refractivity (Wildman–Crippen MR) is 93.5 cm³/mol. The Morgan fingerprint density at radius 2 is 1.85 bits per heavy atom. The van der Waals surface area contributed by atoms with Crippen molar-refractivity contribution in [3.8, 4) is 0 Å². The van der Waals surface area contributed by atoms with E-state index in [1.54, 1.807) is 19.1 Å². The van der Waals surface area contributed by atoms with Crippen LogP contribution in [0.4, 0.5) is 17.6 Å². The van der Waals surface area contributed by atoms with E-state index in [1.807, 2.05) is 0 Å². The molecule has 2 aromatic carbocycles. The van der Waals surface area contributed by atoms with Crippen LogP contribution in [0.25, 0.3) is 0 Å². The molecule has 1 saturated heterocycles. The lowest BCUT2D eigenvalue weighted by atomic mass is 9.87. The van der Waals surface area contributed by atoms with Crippen molar-refractivity contribution in [2.24, 2.45) is 5.92 Å². The number of halogens is 4. The molecule has 1 heterocycles. The molecule has 0 aromatic heterocycles. The van der Waals surface area contributed by atoms with Gasteiger partial charge in [0.25, 0.3) is 0 Å². The van der Waals surface area contributed by atoms with Crippen LogP contribution in [0.2, 0.25) is 0 Å². The largest absolute Gasteiger partial charge is 0.416 e. The van der Waals surface area contributed by atoms with Gasteiger partial charge in [0.15, 0.2) is 0 Å². The minimum Gasteiger partial charge on any atom is -0.349 e. The summed E-state index contributed by atoms with van der Waals surface area (Å²) in [6, 6.07) is 10.6. The zero-order chi connectivity index (χ0) is 19.6. The minimum atomic E-state index is -4.39. The number of nitrogens with one attached hydrogen (secondary N) is 2. The molecule has 1 amide bonds. The molecule has 7 heteroatoms. The van der Waals surface area contributed by atoms with Crippen molar-refractivity contribution in [3.63, 3.8) is 0 Å². The minimum absolute atomic E-state index is 0.207. The Labute approximate surface area is 154 Å². The summed E-state index contributed by atoms with van der Waals surface area (Å²) in [5.41, 5.74) is 0.630. The van der Waals surface area contributed by atoms with Crippen molar-refractivity contribution in [1.29, 1.82) is 0 Å². The lowest BCUT2D eigenvalue weighted by Gasteiger charge is -2.22. The number of hydrogen-bond donors (Lipinski definition) is 2. The first-order valence-corrected chi connectivity index (χ1v) is 8.69. The lowest BCUT2D eigenvalue weighted by Crippen LogP contribution is -2.36. The maximum Gasteiger partial charge on any atom is 0.416 e. The maximum absolute atomic E-state index is 13.4. The topological polar surface area (TPSA) is 41.1 Å². The van der Waals surface area contributed by atoms with Gasteiger partial charge in [-0.2, -0.15) is 13.2 Å². The quantitative estimate of drug-likeness (QED) is 0.787. The fraction of sp³-hybridized carbons (Fsp3) is 0.350. The van der Waals surface area contributed by atoms with Gasteiger partial charge < -0.3 is 10.6 Å². The van der Waals surface area contributed by atoms with E-state index < -0.39 is 17.7 Å². The molecule has 2 N–H and O–H groups in total. The third-order valence-corrected chi connectivity index (χ3v) is 4.92. The molecule has 3 nitrogen and oxygen atoms in total. The van der Waals surface area contributed by atoms with E-state index in [1.165, 1.54) is 24.3 Å². The number of benzene rings is 2. The molecule has 27 heavy (non-hydrogen) atoms. The zero-order valence-corrected chi connectivity index (χ0v) is 14.7. The van der Waals surface area contributed by atoms with E-state index in [4.69, 9.17) is 0 Å². The van der Waals surface area contributed by atoms with Gasteiger partial charge in [-0.25, -0.2) is 4.39 Å². The van der Waals surface area contributed by atoms with Crippen molar-refractivity contribution in [3.05, 3.63) is 71.0 Å². The van der Waals surface area contributed by atoms with Crippen molar-refractivity contribution >= 4 is 5.91 Å². The molecule has 1 aliphatic heterocycles. The van der Waals surface area contributed by atoms with Crippen LogP contribution in [0.5, 0.6) is 0 Å². The van der Waals surface area contributed by atoms with Crippen LogP contribution >= 0.6 is 0 Å². The molecule has 0 spiro atoms. The second-order valence-corrected chi connectivity index (χ2v) is 6.78. The van der Waals surface area contributed by atoms with Crippen molar-refractivity contribution < 1.29 is 22.4 Å². The number of carbonyl (C=O) groups is 1. The van der Waals surface area contributed by atoms with E-state index >= 15 is 0 Å². The van der Waals surface area contributed by atoms with E-state index in [-0.39, 0.29) is 23.7 Å². The SMILES string of the molecule is C[C@@H](NC(=O)[C@@H]1CNC[C@H]1c1ccc(C(F)(F)F)cc1)c1cccc(F)c1. The highest BCUT2D eigenvalue weighted by molar-refractivity contribution is 5.81. The highest BCUT2D eigenvalue weighted by Gasteiger charge is 2.35. The first kappa shape index (κ1) is 19.4. The average molecular weight is 380 g/mol. The molecular weight excluding hydrogens is 360 g/mol. The van der Waals surface area contributed by atoms with Gasteiger partial charge in [0, 0.05) is 19.0 Å². The second-order valence-electron chi connectivity index (χ2n) is 6.78. The molecule has 0 bridgehead atoms. The summed E-state index contributed by atoms with van der Waals surface area (Å²) in [6.07, 6.45) is -4.39. The molecule has 0 aliphatic carbocycles. The second kappa shape index (κ2) is 7.68. The molecule has 3 rings (SSSR count). The highest BCUT2D eigenvalue weighted by Crippen LogP contribution is 2.33. The van der Waals surface area contributed by atoms with Crippen molar-refractivity contribution in [2.45, 2.75) is 25.1 Å². The fourth-order valence-electron chi connectivity index (χ4n) is 3.40. The Hall–Kier alpha value is -2.41. The summed E-state index contributed by atoms with van der Waals surface area (Å²) in [5.74, 6) is -1.20. The summed E-state index contributed by atoms with van der Waals surface area (Å²) in [7, 11) is 0. The Morgan fingerprint density at radius 1 is 1.15 bits per heavy atom. The molecular formula is C20H20F4N2O. The predicted octanol–water partition coefficient (Wildman–Crippen LogP) is 4.02. The number of alkyl halides is 3. The van der Waals surface area contributed by atoms with Crippen LogP contribution in [0.3, 0.4) is 0 Å². The van der Waals surface area contributed by atoms with Crippen LogP contribution in [-0.2, 0) is 11.0 Å². The van der Waals surface area contributed by atoms with Gasteiger partial charge in [-0.15, -0.1) is 0 Å². The molecule has 3 atom stereocenters. The smallest absolute Gasteiger partial charge is 0.349 e. The van der Waals surface area contributed by atoms with E-state index in [2.05, 4.69) is 10.6 Å². The third-order valence-electron chi connectivity index (χ3n) is 4.92. The average Bonchev–Trinajstić information content (AvgIpc) is 3.11. The Kier molecular flexibility index (Phi) is 5.51. The molecule has 0 radical (unpaired) electrons. The van der Waals surface area contributed by atoms with Gasteiger partial charge in [0.05, 0.1) is 17.5 Å². The van der Waals surface area contributed by atoms with Crippen LogP contribution < -0.4 is 10.6 Å². The molecule has 0 saturated carbocycles. The fourth-order valence-corrected chi connectivity index (χ4v) is 3.40. The van der Waals surface area contributed by atoms with Crippen LogP contribution in [0.1, 0.15) is 35.6 Å². The Balaban J connectivity index is 1.71. The zero-order valence-electron chi connectivity index (χ0n) is 14.7. The highest BCUT2D eigenvalue weighted by atomic mass is 19.4. The van der Waals surface area contributed by atoms with Crippen LogP contribution in [-0.4, -0.2) is 19.0 Å². The van der Waals surface area contributed by atoms with E-state index in [9.17, 15) is 22.4 Å². The summed E-state index contributed by atoms with van der Waals surface area (Å²) in [5, 5.41) is 6.00. The summed E-state index contributed by atoms with van der Waals surface area (Å²) in [6.45, 7) is 2.72. The maximum atomic E-state index is 13.4. The first-order chi connectivity index (χ1) is 12.8. The number of amides is 1. The number of hydrogen-bond acceptors (Lipinski definition) is 2. The lowest BCUT2D eigenvalue weighted by molar-refractivity contribution is -0.137. The van der Waals surface area contributed by atoms with Crippen LogP contribution in [0.15, 0.2) is 48.5 Å². The molecule has 1 aliphatic rings. The summed E-state index contributed by atoms with van der Waals surface area (Å²) in [4.78, 5) is 12.7. The van der Waals surface area contributed by atoms with Gasteiger partial charge in [-0.3, -0.25) is 4.79 Å². The van der Waals surface area contributed by atoms with Crippen molar-refractivity contribution in [2.75, 3.05) is 13.1 Å². The van der Waals surface area contributed by atoms with Crippen molar-refractivity contribution in [1.82, 2.24) is 10.6 Å². The molecule has 0 unspecified atom stereocenters. The molecule has 2 aromatic rings. The number of rotatable bonds is 4. The Bertz CT molecular complexity index is 804. The van der Waals surface area contributed by atoms with Gasteiger partial charge in [-0.1, -0.05) is 24.3 Å². The summed E-state index contributed by atoms with van der Waals surface area (Å²) >= 11 is 0. The van der Waals surface area contributed by atoms with Crippen LogP contribution in [0, 0.1) is 11.7 Å². The van der Waals surface area contributed by atoms with Gasteiger partial charge in [0.2, 0.25) is 5.91 Å². The molecule has 1 fully saturated rings. The van der Waals surface area contributed by atoms with E-state index in [0.717, 1.165) is 12.1 Å².